The number of guanidine groups is 1. The van der Waals surface area contributed by atoms with Gasteiger partial charge in [0.1, 0.15) is 10.8 Å². The number of nitrogens with one attached hydrogen (secondary N) is 2. The Kier molecular flexibility index (Phi) is 11.0. The number of nitrogens with zero attached hydrogens (tertiary/aromatic N) is 2. The van der Waals surface area contributed by atoms with E-state index in [1.165, 1.54) is 32.1 Å². The van der Waals surface area contributed by atoms with Crippen LogP contribution in [0.5, 0.6) is 5.75 Å². The zero-order valence-electron chi connectivity index (χ0n) is 18.5. The van der Waals surface area contributed by atoms with Crippen LogP contribution < -0.4 is 15.4 Å². The van der Waals surface area contributed by atoms with E-state index in [1.807, 2.05) is 24.3 Å². The van der Waals surface area contributed by atoms with Gasteiger partial charge in [0, 0.05) is 30.6 Å². The van der Waals surface area contributed by atoms with Crippen LogP contribution in [-0.4, -0.2) is 42.9 Å². The van der Waals surface area contributed by atoms with Crippen molar-refractivity contribution in [2.75, 3.05) is 26.8 Å². The van der Waals surface area contributed by atoms with Crippen LogP contribution in [0.2, 0.25) is 0 Å². The molecule has 31 heavy (non-hydrogen) atoms. The van der Waals surface area contributed by atoms with E-state index in [0.717, 1.165) is 47.5 Å². The third kappa shape index (κ3) is 7.61. The molecular formula is C23H35IN4O2S. The molecule has 1 saturated carbocycles. The summed E-state index contributed by atoms with van der Waals surface area (Å²) in [4.78, 5) is 9.49. The maximum absolute atomic E-state index is 9.54. The first-order valence-electron chi connectivity index (χ1n) is 10.9. The number of benzene rings is 1. The number of ether oxygens (including phenoxy) is 1. The van der Waals surface area contributed by atoms with E-state index in [4.69, 9.17) is 14.7 Å². The zero-order valence-corrected chi connectivity index (χ0v) is 21.7. The lowest BCUT2D eigenvalue weighted by Crippen LogP contribution is -2.44. The second kappa shape index (κ2) is 13.2. The predicted molar refractivity (Wildman–Crippen MR) is 140 cm³/mol. The molecule has 6 nitrogen and oxygen atoms in total. The maximum atomic E-state index is 9.54. The molecule has 0 amide bonds. The third-order valence-corrected chi connectivity index (χ3v) is 6.76. The molecule has 1 aromatic heterocycles. The Morgan fingerprint density at radius 1 is 1.19 bits per heavy atom. The van der Waals surface area contributed by atoms with Crippen LogP contribution in [0.25, 0.3) is 10.6 Å². The molecule has 0 saturated heterocycles. The van der Waals surface area contributed by atoms with Gasteiger partial charge in [-0.05, 0) is 55.9 Å². The molecule has 3 N–H and O–H groups in total. The second-order valence-corrected chi connectivity index (χ2v) is 8.81. The molecule has 8 heteroatoms. The molecule has 172 valence electrons. The van der Waals surface area contributed by atoms with E-state index in [-0.39, 0.29) is 36.0 Å². The number of hydrogen-bond acceptors (Lipinski definition) is 5. The van der Waals surface area contributed by atoms with Crippen molar-refractivity contribution >= 4 is 41.3 Å². The summed E-state index contributed by atoms with van der Waals surface area (Å²) in [6.45, 7) is 4.53. The lowest BCUT2D eigenvalue weighted by Gasteiger charge is -2.37. The van der Waals surface area contributed by atoms with Crippen molar-refractivity contribution in [3.8, 4) is 16.3 Å². The highest BCUT2D eigenvalue weighted by atomic mass is 127. The molecule has 0 spiro atoms. The Bertz CT molecular complexity index is 799. The highest BCUT2D eigenvalue weighted by Gasteiger charge is 2.31. The molecule has 1 aromatic carbocycles. The Morgan fingerprint density at radius 3 is 2.58 bits per heavy atom. The summed E-state index contributed by atoms with van der Waals surface area (Å²) in [5.74, 6) is 1.66. The van der Waals surface area contributed by atoms with Crippen molar-refractivity contribution in [3.63, 3.8) is 0 Å². The molecule has 0 aliphatic heterocycles. The van der Waals surface area contributed by atoms with Crippen molar-refractivity contribution in [2.24, 2.45) is 10.4 Å². The first-order chi connectivity index (χ1) is 14.7. The minimum absolute atomic E-state index is 0. The van der Waals surface area contributed by atoms with E-state index < -0.39 is 0 Å². The van der Waals surface area contributed by atoms with Gasteiger partial charge in [0.15, 0.2) is 5.96 Å². The van der Waals surface area contributed by atoms with Crippen LogP contribution in [-0.2, 0) is 6.54 Å². The van der Waals surface area contributed by atoms with Gasteiger partial charge in [0.25, 0.3) is 0 Å². The maximum Gasteiger partial charge on any atom is 0.191 e. The Morgan fingerprint density at radius 2 is 1.94 bits per heavy atom. The van der Waals surface area contributed by atoms with Crippen molar-refractivity contribution < 1.29 is 9.84 Å². The summed E-state index contributed by atoms with van der Waals surface area (Å²) < 4.78 is 5.22. The molecule has 0 atom stereocenters. The van der Waals surface area contributed by atoms with Gasteiger partial charge in [-0.3, -0.25) is 0 Å². The molecule has 0 radical (unpaired) electrons. The van der Waals surface area contributed by atoms with E-state index >= 15 is 0 Å². The Labute approximate surface area is 206 Å². The van der Waals surface area contributed by atoms with Crippen LogP contribution in [0.15, 0.2) is 34.6 Å². The molecule has 0 bridgehead atoms. The highest BCUT2D eigenvalue weighted by molar-refractivity contribution is 14.0. The lowest BCUT2D eigenvalue weighted by molar-refractivity contribution is 0.131. The van der Waals surface area contributed by atoms with Gasteiger partial charge in [-0.2, -0.15) is 0 Å². The number of aliphatic hydroxyl groups is 1. The van der Waals surface area contributed by atoms with Gasteiger partial charge in [0.05, 0.1) is 19.3 Å². The van der Waals surface area contributed by atoms with Crippen molar-refractivity contribution in [2.45, 2.75) is 52.0 Å². The smallest absolute Gasteiger partial charge is 0.191 e. The van der Waals surface area contributed by atoms with Crippen LogP contribution in [0.3, 0.4) is 0 Å². The highest BCUT2D eigenvalue weighted by Crippen LogP contribution is 2.38. The van der Waals surface area contributed by atoms with E-state index in [9.17, 15) is 5.11 Å². The molecule has 1 aliphatic carbocycles. The number of methoxy groups -OCH3 is 1. The number of aliphatic hydroxyl groups excluding tert-OH is 1. The topological polar surface area (TPSA) is 78.8 Å². The molecule has 2 aromatic rings. The summed E-state index contributed by atoms with van der Waals surface area (Å²) in [6.07, 6.45) is 7.03. The zero-order chi connectivity index (χ0) is 21.2. The minimum atomic E-state index is 0. The van der Waals surface area contributed by atoms with E-state index in [2.05, 4.69) is 22.9 Å². The van der Waals surface area contributed by atoms with Gasteiger partial charge < -0.3 is 20.5 Å². The predicted octanol–water partition coefficient (Wildman–Crippen LogP) is 4.82. The Balaban J connectivity index is 0.00000341. The van der Waals surface area contributed by atoms with Gasteiger partial charge in [-0.15, -0.1) is 35.3 Å². The van der Waals surface area contributed by atoms with Crippen LogP contribution >= 0.6 is 35.3 Å². The fourth-order valence-electron chi connectivity index (χ4n) is 4.07. The van der Waals surface area contributed by atoms with Gasteiger partial charge in [-0.1, -0.05) is 19.3 Å². The molecule has 1 aliphatic rings. The van der Waals surface area contributed by atoms with Crippen molar-refractivity contribution in [3.05, 3.63) is 35.3 Å². The molecular weight excluding hydrogens is 523 g/mol. The standard InChI is InChI=1S/C23H34N4O2S.HI/c1-3-24-22(26-17-23(13-14-28)11-5-4-6-12-23)25-15-19-16-30-21(27-19)18-7-9-20(29-2)10-8-18;/h7-10,16,28H,3-6,11-15,17H2,1-2H3,(H2,24,25,26);1H. The number of aromatic nitrogens is 1. The second-order valence-electron chi connectivity index (χ2n) is 7.96. The first kappa shape index (κ1) is 25.9. The number of aliphatic imine (C=N–C) groups is 1. The summed E-state index contributed by atoms with van der Waals surface area (Å²) in [7, 11) is 1.67. The quantitative estimate of drug-likeness (QED) is 0.234. The lowest BCUT2D eigenvalue weighted by atomic mass is 9.72. The number of rotatable bonds is 9. The summed E-state index contributed by atoms with van der Waals surface area (Å²) in [6, 6.07) is 7.96. The largest absolute Gasteiger partial charge is 0.497 e. The van der Waals surface area contributed by atoms with Crippen molar-refractivity contribution in [1.82, 2.24) is 15.6 Å². The molecule has 1 heterocycles. The molecule has 3 rings (SSSR count). The van der Waals surface area contributed by atoms with Crippen LogP contribution in [0.1, 0.15) is 51.1 Å². The monoisotopic (exact) mass is 558 g/mol. The fraction of sp³-hybridized carbons (Fsp3) is 0.565. The molecule has 1 fully saturated rings. The number of thiazole rings is 1. The van der Waals surface area contributed by atoms with E-state index in [1.54, 1.807) is 18.4 Å². The fourth-order valence-corrected chi connectivity index (χ4v) is 4.89. The van der Waals surface area contributed by atoms with E-state index in [0.29, 0.717) is 6.54 Å². The SMILES string of the molecule is CCNC(=NCc1csc(-c2ccc(OC)cc2)n1)NCC1(CCO)CCCCC1.I. The Hall–Kier alpha value is -1.39. The third-order valence-electron chi connectivity index (χ3n) is 5.82. The van der Waals surface area contributed by atoms with Crippen molar-refractivity contribution in [1.29, 1.82) is 0 Å². The summed E-state index contributed by atoms with van der Waals surface area (Å²) >= 11 is 1.63. The average molecular weight is 559 g/mol. The van der Waals surface area contributed by atoms with Gasteiger partial charge in [0.2, 0.25) is 0 Å². The van der Waals surface area contributed by atoms with Crippen LogP contribution in [0.4, 0.5) is 0 Å². The summed E-state index contributed by atoms with van der Waals surface area (Å²) in [5.41, 5.74) is 2.24. The average Bonchev–Trinajstić information content (AvgIpc) is 3.26. The number of halogens is 1. The summed E-state index contributed by atoms with van der Waals surface area (Å²) in [5, 5.41) is 19.5. The minimum Gasteiger partial charge on any atom is -0.497 e. The van der Waals surface area contributed by atoms with Gasteiger partial charge >= 0.3 is 0 Å². The van der Waals surface area contributed by atoms with Gasteiger partial charge in [-0.25, -0.2) is 9.98 Å². The normalized spacial score (nSPS) is 15.8. The van der Waals surface area contributed by atoms with Crippen LogP contribution in [0, 0.1) is 5.41 Å². The number of hydrogen-bond donors (Lipinski definition) is 3. The first-order valence-corrected chi connectivity index (χ1v) is 11.8. The molecule has 0 unspecified atom stereocenters.